The molecule has 0 unspecified atom stereocenters. The van der Waals surface area contributed by atoms with Gasteiger partial charge in [0.25, 0.3) is 5.56 Å². The van der Waals surface area contributed by atoms with Crippen molar-refractivity contribution in [3.8, 4) is 11.5 Å². The standard InChI is InChI=1S/C31H25BrCl2N2O5S/c1-4-23-27(30(38)40-3)28(17-8-6-5-7-9-17)36-29(37)26(42-31(36)35-23)13-19-12-24(39-2)25(15-21(19)32)41-16-18-10-11-20(33)14-22(18)34/h5-15,28H,4,16H2,1-3H3/b26-13-/t28-/m0/s1. The van der Waals surface area contributed by atoms with E-state index in [0.29, 0.717) is 58.6 Å². The predicted octanol–water partition coefficient (Wildman–Crippen LogP) is 6.46. The first kappa shape index (κ1) is 30.1. The molecule has 4 aromatic rings. The maximum Gasteiger partial charge on any atom is 0.338 e. The van der Waals surface area contributed by atoms with Crippen LogP contribution in [-0.2, 0) is 16.1 Å². The number of rotatable bonds is 8. The number of hydrogen-bond donors (Lipinski definition) is 0. The Hall–Kier alpha value is -3.37. The van der Waals surface area contributed by atoms with Gasteiger partial charge in [-0.2, -0.15) is 0 Å². The largest absolute Gasteiger partial charge is 0.493 e. The van der Waals surface area contributed by atoms with E-state index in [1.54, 1.807) is 48.1 Å². The average molecular weight is 688 g/mol. The van der Waals surface area contributed by atoms with E-state index in [9.17, 15) is 9.59 Å². The van der Waals surface area contributed by atoms with E-state index in [0.717, 1.165) is 11.1 Å². The second kappa shape index (κ2) is 12.9. The Morgan fingerprint density at radius 3 is 2.52 bits per heavy atom. The van der Waals surface area contributed by atoms with Crippen LogP contribution in [0.4, 0.5) is 0 Å². The van der Waals surface area contributed by atoms with Gasteiger partial charge in [-0.1, -0.05) is 93.8 Å². The third kappa shape index (κ3) is 5.92. The highest BCUT2D eigenvalue weighted by Crippen LogP contribution is 2.35. The summed E-state index contributed by atoms with van der Waals surface area (Å²) in [5.41, 5.74) is 2.94. The van der Waals surface area contributed by atoms with E-state index in [4.69, 9.17) is 42.4 Å². The molecule has 0 saturated carbocycles. The maximum absolute atomic E-state index is 13.9. The van der Waals surface area contributed by atoms with E-state index in [-0.39, 0.29) is 12.2 Å². The highest BCUT2D eigenvalue weighted by molar-refractivity contribution is 9.10. The molecule has 7 nitrogen and oxygen atoms in total. The van der Waals surface area contributed by atoms with E-state index in [2.05, 4.69) is 15.9 Å². The minimum Gasteiger partial charge on any atom is -0.493 e. The van der Waals surface area contributed by atoms with Crippen LogP contribution in [0.2, 0.25) is 10.0 Å². The number of esters is 1. The molecule has 1 aromatic heterocycles. The number of benzene rings is 3. The molecule has 0 N–H and O–H groups in total. The van der Waals surface area contributed by atoms with Crippen molar-refractivity contribution < 1.29 is 19.0 Å². The summed E-state index contributed by atoms with van der Waals surface area (Å²) in [6, 6.07) is 17.5. The molecule has 42 heavy (non-hydrogen) atoms. The lowest BCUT2D eigenvalue weighted by Crippen LogP contribution is -2.40. The number of hydrogen-bond acceptors (Lipinski definition) is 7. The van der Waals surface area contributed by atoms with Gasteiger partial charge in [-0.05, 0) is 47.9 Å². The Balaban J connectivity index is 1.58. The lowest BCUT2D eigenvalue weighted by Gasteiger charge is -2.25. The first-order valence-corrected chi connectivity index (χ1v) is 15.2. The van der Waals surface area contributed by atoms with Crippen LogP contribution in [0.25, 0.3) is 6.08 Å². The fourth-order valence-electron chi connectivity index (χ4n) is 4.68. The van der Waals surface area contributed by atoms with Crippen molar-refractivity contribution in [2.45, 2.75) is 26.0 Å². The van der Waals surface area contributed by atoms with Crippen LogP contribution in [0.5, 0.6) is 11.5 Å². The summed E-state index contributed by atoms with van der Waals surface area (Å²) in [5, 5.41) is 1.05. The van der Waals surface area contributed by atoms with Crippen molar-refractivity contribution in [1.82, 2.24) is 4.57 Å². The zero-order valence-electron chi connectivity index (χ0n) is 22.8. The minimum atomic E-state index is -0.666. The Bertz CT molecular complexity index is 1890. The summed E-state index contributed by atoms with van der Waals surface area (Å²) in [5.74, 6) is 0.459. The Labute approximate surface area is 264 Å². The first-order chi connectivity index (χ1) is 20.2. The quantitative estimate of drug-likeness (QED) is 0.199. The summed E-state index contributed by atoms with van der Waals surface area (Å²) >= 11 is 17.2. The van der Waals surface area contributed by atoms with Crippen LogP contribution < -0.4 is 24.4 Å². The highest BCUT2D eigenvalue weighted by Gasteiger charge is 2.33. The molecule has 2 heterocycles. The van der Waals surface area contributed by atoms with Gasteiger partial charge in [0.15, 0.2) is 16.3 Å². The van der Waals surface area contributed by atoms with Gasteiger partial charge in [0.05, 0.1) is 36.1 Å². The number of carbonyl (C=O) groups excluding carboxylic acids is 1. The molecular formula is C31H25BrCl2N2O5S. The predicted molar refractivity (Wildman–Crippen MR) is 168 cm³/mol. The zero-order chi connectivity index (χ0) is 30.0. The van der Waals surface area contributed by atoms with Crippen molar-refractivity contribution in [3.63, 3.8) is 0 Å². The van der Waals surface area contributed by atoms with Crippen molar-refractivity contribution in [1.29, 1.82) is 0 Å². The fraction of sp³-hybridized carbons (Fsp3) is 0.194. The smallest absolute Gasteiger partial charge is 0.338 e. The summed E-state index contributed by atoms with van der Waals surface area (Å²) in [6.07, 6.45) is 2.27. The summed E-state index contributed by atoms with van der Waals surface area (Å²) in [7, 11) is 2.88. The molecule has 0 spiro atoms. The lowest BCUT2D eigenvalue weighted by atomic mass is 9.95. The Morgan fingerprint density at radius 1 is 1.10 bits per heavy atom. The number of carbonyl (C=O) groups is 1. The van der Waals surface area contributed by atoms with Crippen LogP contribution in [0.1, 0.15) is 36.1 Å². The molecule has 5 rings (SSSR count). The summed E-state index contributed by atoms with van der Waals surface area (Å²) in [6.45, 7) is 2.13. The van der Waals surface area contributed by atoms with Gasteiger partial charge < -0.3 is 14.2 Å². The third-order valence-corrected chi connectivity index (χ3v) is 8.99. The molecule has 0 amide bonds. The van der Waals surface area contributed by atoms with Crippen molar-refractivity contribution in [2.75, 3.05) is 14.2 Å². The van der Waals surface area contributed by atoms with Gasteiger partial charge in [0, 0.05) is 20.1 Å². The molecule has 0 radical (unpaired) electrons. The van der Waals surface area contributed by atoms with Crippen molar-refractivity contribution in [3.05, 3.63) is 123 Å². The van der Waals surface area contributed by atoms with E-state index < -0.39 is 12.0 Å². The molecular weight excluding hydrogens is 663 g/mol. The topological polar surface area (TPSA) is 79.1 Å². The number of ether oxygens (including phenoxy) is 3. The van der Waals surface area contributed by atoms with Gasteiger partial charge in [-0.15, -0.1) is 0 Å². The monoisotopic (exact) mass is 686 g/mol. The second-order valence-electron chi connectivity index (χ2n) is 9.25. The average Bonchev–Trinajstić information content (AvgIpc) is 3.30. The number of methoxy groups -OCH3 is 2. The summed E-state index contributed by atoms with van der Waals surface area (Å²) < 4.78 is 19.4. The molecule has 1 aliphatic rings. The SMILES string of the molecule is CCC1=C(C(=O)OC)[C@H](c2ccccc2)n2c(s/c(=C\c3cc(OC)c(OCc4ccc(Cl)cc4Cl)cc3Br)c2=O)=N1. The Morgan fingerprint density at radius 2 is 1.86 bits per heavy atom. The molecule has 0 aliphatic carbocycles. The van der Waals surface area contributed by atoms with E-state index in [1.165, 1.54) is 18.4 Å². The molecule has 3 aromatic carbocycles. The number of allylic oxidation sites excluding steroid dienone is 1. The third-order valence-electron chi connectivity index (χ3n) is 6.73. The van der Waals surface area contributed by atoms with Crippen LogP contribution >= 0.6 is 50.5 Å². The molecule has 0 saturated heterocycles. The molecule has 1 aliphatic heterocycles. The van der Waals surface area contributed by atoms with Crippen molar-refractivity contribution in [2.24, 2.45) is 4.99 Å². The number of nitrogens with zero attached hydrogens (tertiary/aromatic N) is 2. The lowest BCUT2D eigenvalue weighted by molar-refractivity contribution is -0.136. The van der Waals surface area contributed by atoms with Gasteiger partial charge in [0.1, 0.15) is 6.61 Å². The normalized spacial score (nSPS) is 14.8. The number of aromatic nitrogens is 1. The molecule has 11 heteroatoms. The second-order valence-corrected chi connectivity index (χ2v) is 12.0. The molecule has 216 valence electrons. The Kier molecular flexibility index (Phi) is 9.22. The number of thiazole rings is 1. The molecule has 1 atom stereocenters. The van der Waals surface area contributed by atoms with E-state index in [1.807, 2.05) is 37.3 Å². The van der Waals surface area contributed by atoms with Crippen LogP contribution in [0, 0.1) is 0 Å². The number of fused-ring (bicyclic) bond motifs is 1. The van der Waals surface area contributed by atoms with E-state index >= 15 is 0 Å². The van der Waals surface area contributed by atoms with Crippen molar-refractivity contribution >= 4 is 62.5 Å². The summed E-state index contributed by atoms with van der Waals surface area (Å²) in [4.78, 5) is 32.1. The minimum absolute atomic E-state index is 0.207. The van der Waals surface area contributed by atoms with Gasteiger partial charge in [-0.25, -0.2) is 9.79 Å². The maximum atomic E-state index is 13.9. The number of halogens is 3. The first-order valence-electron chi connectivity index (χ1n) is 12.9. The highest BCUT2D eigenvalue weighted by atomic mass is 79.9. The van der Waals surface area contributed by atoms with Gasteiger partial charge >= 0.3 is 5.97 Å². The molecule has 0 fully saturated rings. The van der Waals surface area contributed by atoms with Gasteiger partial charge in [0.2, 0.25) is 0 Å². The van der Waals surface area contributed by atoms with Crippen LogP contribution in [0.15, 0.2) is 86.2 Å². The molecule has 0 bridgehead atoms. The zero-order valence-corrected chi connectivity index (χ0v) is 26.7. The van der Waals surface area contributed by atoms with Crippen LogP contribution in [-0.4, -0.2) is 24.8 Å². The van der Waals surface area contributed by atoms with Gasteiger partial charge in [-0.3, -0.25) is 9.36 Å². The fourth-order valence-corrected chi connectivity index (χ4v) is 6.59. The van der Waals surface area contributed by atoms with Crippen LogP contribution in [0.3, 0.4) is 0 Å².